The van der Waals surface area contributed by atoms with Crippen LogP contribution < -0.4 is 0 Å². The topological polar surface area (TPSA) is 20.2 Å². The summed E-state index contributed by atoms with van der Waals surface area (Å²) in [6.45, 7) is -0.140. The number of rotatable bonds is 0. The highest BCUT2D eigenvalue weighted by molar-refractivity contribution is 9.10. The van der Waals surface area contributed by atoms with Crippen molar-refractivity contribution in [3.05, 3.63) is 33.3 Å². The third-order valence-electron chi connectivity index (χ3n) is 1.23. The molecule has 3 heteroatoms. The van der Waals surface area contributed by atoms with Gasteiger partial charge in [-0.25, -0.2) is 0 Å². The summed E-state index contributed by atoms with van der Waals surface area (Å²) in [7, 11) is 0. The minimum absolute atomic E-state index is 0.140. The standard InChI is InChI=1S/C9H6BrClO/c10-9-4-3-8(11)6-7(9)2-1-5-12/h3-4,6,12H,5H2. The van der Waals surface area contributed by atoms with Gasteiger partial charge in [0.25, 0.3) is 0 Å². The average Bonchev–Trinajstić information content (AvgIpc) is 2.07. The second-order valence-electron chi connectivity index (χ2n) is 2.08. The van der Waals surface area contributed by atoms with Crippen molar-refractivity contribution in [3.63, 3.8) is 0 Å². The van der Waals surface area contributed by atoms with Crippen molar-refractivity contribution in [2.75, 3.05) is 6.61 Å². The third-order valence-corrected chi connectivity index (χ3v) is 2.16. The van der Waals surface area contributed by atoms with Gasteiger partial charge in [-0.05, 0) is 34.1 Å². The van der Waals surface area contributed by atoms with Gasteiger partial charge in [0, 0.05) is 15.1 Å². The van der Waals surface area contributed by atoms with Gasteiger partial charge in [0.2, 0.25) is 0 Å². The molecule has 0 unspecified atom stereocenters. The Bertz CT molecular complexity index is 338. The quantitative estimate of drug-likeness (QED) is 0.696. The Hall–Kier alpha value is -0.490. The summed E-state index contributed by atoms with van der Waals surface area (Å²) < 4.78 is 0.882. The fraction of sp³-hybridized carbons (Fsp3) is 0.111. The van der Waals surface area contributed by atoms with Crippen molar-refractivity contribution in [3.8, 4) is 11.8 Å². The van der Waals surface area contributed by atoms with Crippen LogP contribution in [0.15, 0.2) is 22.7 Å². The Labute approximate surface area is 84.5 Å². The first-order valence-electron chi connectivity index (χ1n) is 3.29. The van der Waals surface area contributed by atoms with E-state index in [1.165, 1.54) is 0 Å². The van der Waals surface area contributed by atoms with Crippen LogP contribution >= 0.6 is 27.5 Å². The van der Waals surface area contributed by atoms with Crippen LogP contribution in [0.5, 0.6) is 0 Å². The number of aliphatic hydroxyl groups excluding tert-OH is 1. The Morgan fingerprint density at radius 2 is 2.25 bits per heavy atom. The van der Waals surface area contributed by atoms with Crippen molar-refractivity contribution < 1.29 is 5.11 Å². The molecule has 0 aliphatic heterocycles. The van der Waals surface area contributed by atoms with Crippen molar-refractivity contribution in [1.29, 1.82) is 0 Å². The molecule has 0 spiro atoms. The second kappa shape index (κ2) is 4.51. The molecule has 62 valence electrons. The van der Waals surface area contributed by atoms with Gasteiger partial charge in [-0.1, -0.05) is 23.4 Å². The predicted octanol–water partition coefficient (Wildman–Crippen LogP) is 2.45. The maximum absolute atomic E-state index is 8.47. The molecule has 1 aromatic rings. The Balaban J connectivity index is 3.05. The molecule has 1 rings (SSSR count). The van der Waals surface area contributed by atoms with E-state index in [9.17, 15) is 0 Å². The van der Waals surface area contributed by atoms with Gasteiger partial charge in [-0.15, -0.1) is 0 Å². The van der Waals surface area contributed by atoms with E-state index in [0.29, 0.717) is 5.02 Å². The normalized spacial score (nSPS) is 8.92. The predicted molar refractivity (Wildman–Crippen MR) is 53.1 cm³/mol. The summed E-state index contributed by atoms with van der Waals surface area (Å²) in [6.07, 6.45) is 0. The molecular formula is C9H6BrClO. The van der Waals surface area contributed by atoms with Crippen LogP contribution in [0, 0.1) is 11.8 Å². The summed E-state index contributed by atoms with van der Waals surface area (Å²) in [5.74, 6) is 5.32. The van der Waals surface area contributed by atoms with Crippen molar-refractivity contribution in [2.45, 2.75) is 0 Å². The number of halogens is 2. The first-order valence-corrected chi connectivity index (χ1v) is 4.46. The first kappa shape index (κ1) is 9.60. The van der Waals surface area contributed by atoms with Crippen LogP contribution in [0.2, 0.25) is 5.02 Å². The van der Waals surface area contributed by atoms with Gasteiger partial charge in [-0.3, -0.25) is 0 Å². The van der Waals surface area contributed by atoms with Gasteiger partial charge in [0.05, 0.1) is 0 Å². The van der Waals surface area contributed by atoms with Crippen LogP contribution in [0.25, 0.3) is 0 Å². The lowest BCUT2D eigenvalue weighted by molar-refractivity contribution is 0.350. The number of benzene rings is 1. The van der Waals surface area contributed by atoms with Gasteiger partial charge in [-0.2, -0.15) is 0 Å². The van der Waals surface area contributed by atoms with Gasteiger partial charge in [0.15, 0.2) is 0 Å². The number of hydrogen-bond donors (Lipinski definition) is 1. The Morgan fingerprint density at radius 3 is 2.92 bits per heavy atom. The van der Waals surface area contributed by atoms with Crippen LogP contribution in [-0.2, 0) is 0 Å². The zero-order valence-electron chi connectivity index (χ0n) is 6.14. The summed E-state index contributed by atoms with van der Waals surface area (Å²) in [5, 5.41) is 9.11. The summed E-state index contributed by atoms with van der Waals surface area (Å²) in [4.78, 5) is 0. The highest BCUT2D eigenvalue weighted by atomic mass is 79.9. The maximum atomic E-state index is 8.47. The highest BCUT2D eigenvalue weighted by Crippen LogP contribution is 2.19. The van der Waals surface area contributed by atoms with Gasteiger partial charge < -0.3 is 5.11 Å². The molecule has 0 radical (unpaired) electrons. The van der Waals surface area contributed by atoms with Crippen molar-refractivity contribution in [2.24, 2.45) is 0 Å². The summed E-state index contributed by atoms with van der Waals surface area (Å²) in [5.41, 5.74) is 0.788. The molecule has 1 aromatic carbocycles. The molecule has 0 aromatic heterocycles. The van der Waals surface area contributed by atoms with E-state index >= 15 is 0 Å². The lowest BCUT2D eigenvalue weighted by Crippen LogP contribution is -1.79. The molecule has 0 atom stereocenters. The number of hydrogen-bond acceptors (Lipinski definition) is 1. The Morgan fingerprint density at radius 1 is 1.50 bits per heavy atom. The molecule has 1 nitrogen and oxygen atoms in total. The lowest BCUT2D eigenvalue weighted by atomic mass is 10.2. The minimum atomic E-state index is -0.140. The molecule has 0 amide bonds. The molecule has 0 saturated carbocycles. The molecule has 12 heavy (non-hydrogen) atoms. The maximum Gasteiger partial charge on any atom is 0.104 e. The average molecular weight is 246 g/mol. The van der Waals surface area contributed by atoms with E-state index in [-0.39, 0.29) is 6.61 Å². The van der Waals surface area contributed by atoms with Gasteiger partial charge in [0.1, 0.15) is 6.61 Å². The highest BCUT2D eigenvalue weighted by Gasteiger charge is 1.95. The molecule has 0 heterocycles. The molecule has 0 bridgehead atoms. The van der Waals surface area contributed by atoms with E-state index in [4.69, 9.17) is 16.7 Å². The first-order chi connectivity index (χ1) is 5.74. The second-order valence-corrected chi connectivity index (χ2v) is 3.37. The van der Waals surface area contributed by atoms with E-state index in [0.717, 1.165) is 10.0 Å². The fourth-order valence-corrected chi connectivity index (χ4v) is 1.25. The van der Waals surface area contributed by atoms with E-state index in [1.54, 1.807) is 12.1 Å². The SMILES string of the molecule is OCC#Cc1cc(Cl)ccc1Br. The monoisotopic (exact) mass is 244 g/mol. The Kier molecular flexibility index (Phi) is 3.61. The molecule has 0 aliphatic rings. The largest absolute Gasteiger partial charge is 0.384 e. The molecule has 0 saturated heterocycles. The summed E-state index contributed by atoms with van der Waals surface area (Å²) in [6, 6.07) is 5.34. The minimum Gasteiger partial charge on any atom is -0.384 e. The van der Waals surface area contributed by atoms with Crippen LogP contribution in [-0.4, -0.2) is 11.7 Å². The van der Waals surface area contributed by atoms with E-state index in [2.05, 4.69) is 27.8 Å². The van der Waals surface area contributed by atoms with Gasteiger partial charge >= 0.3 is 0 Å². The van der Waals surface area contributed by atoms with Crippen molar-refractivity contribution in [1.82, 2.24) is 0 Å². The zero-order valence-corrected chi connectivity index (χ0v) is 8.48. The van der Waals surface area contributed by atoms with Crippen molar-refractivity contribution >= 4 is 27.5 Å². The molecular weight excluding hydrogens is 239 g/mol. The molecule has 0 fully saturated rings. The van der Waals surface area contributed by atoms with E-state index < -0.39 is 0 Å². The lowest BCUT2D eigenvalue weighted by Gasteiger charge is -1.95. The zero-order chi connectivity index (χ0) is 8.97. The van der Waals surface area contributed by atoms with Crippen LogP contribution in [0.3, 0.4) is 0 Å². The third kappa shape index (κ3) is 2.53. The number of aliphatic hydroxyl groups is 1. The van der Waals surface area contributed by atoms with E-state index in [1.807, 2.05) is 6.07 Å². The smallest absolute Gasteiger partial charge is 0.104 e. The van der Waals surface area contributed by atoms with Crippen LogP contribution in [0.4, 0.5) is 0 Å². The van der Waals surface area contributed by atoms with Crippen LogP contribution in [0.1, 0.15) is 5.56 Å². The fourth-order valence-electron chi connectivity index (χ4n) is 0.728. The molecule has 0 aliphatic carbocycles. The molecule has 1 N–H and O–H groups in total. The summed E-state index contributed by atoms with van der Waals surface area (Å²) >= 11 is 9.06.